The van der Waals surface area contributed by atoms with Crippen molar-refractivity contribution < 1.29 is 9.53 Å². The Balaban J connectivity index is 2.29. The molecular weight excluding hydrogens is 164 g/mol. The maximum Gasteiger partial charge on any atom is 0.140 e. The van der Waals surface area contributed by atoms with Crippen LogP contribution in [0.4, 0.5) is 0 Å². The zero-order valence-corrected chi connectivity index (χ0v) is 8.71. The van der Waals surface area contributed by atoms with E-state index in [2.05, 4.69) is 13.8 Å². The van der Waals surface area contributed by atoms with E-state index >= 15 is 0 Å². The van der Waals surface area contributed by atoms with Crippen LogP contribution in [0.5, 0.6) is 0 Å². The van der Waals surface area contributed by atoms with E-state index in [1.54, 1.807) is 0 Å². The number of ether oxygens (including phenoxy) is 1. The molecule has 76 valence electrons. The van der Waals surface area contributed by atoms with Gasteiger partial charge in [0.25, 0.3) is 0 Å². The first kappa shape index (κ1) is 10.7. The second kappa shape index (κ2) is 5.38. The van der Waals surface area contributed by atoms with Gasteiger partial charge in [-0.25, -0.2) is 0 Å². The van der Waals surface area contributed by atoms with Gasteiger partial charge in [0, 0.05) is 12.3 Å². The molecule has 0 bridgehead atoms. The van der Waals surface area contributed by atoms with Crippen molar-refractivity contribution in [1.82, 2.24) is 0 Å². The van der Waals surface area contributed by atoms with Crippen molar-refractivity contribution in [3.8, 4) is 0 Å². The highest BCUT2D eigenvalue weighted by molar-refractivity contribution is 5.81. The lowest BCUT2D eigenvalue weighted by atomic mass is 9.88. The normalized spacial score (nSPS) is 26.0. The molecule has 1 aliphatic rings. The average molecular weight is 184 g/mol. The minimum Gasteiger partial charge on any atom is -0.380 e. The van der Waals surface area contributed by atoms with E-state index in [1.165, 1.54) is 12.8 Å². The zero-order chi connectivity index (χ0) is 9.68. The molecule has 1 rings (SSSR count). The maximum absolute atomic E-state index is 11.5. The van der Waals surface area contributed by atoms with Crippen LogP contribution in [0.1, 0.15) is 39.5 Å². The van der Waals surface area contributed by atoms with Gasteiger partial charge < -0.3 is 4.74 Å². The van der Waals surface area contributed by atoms with Gasteiger partial charge in [-0.05, 0) is 12.3 Å². The van der Waals surface area contributed by atoms with E-state index in [1.807, 2.05) is 0 Å². The summed E-state index contributed by atoms with van der Waals surface area (Å²) in [5.41, 5.74) is 0. The molecule has 1 aliphatic heterocycles. The summed E-state index contributed by atoms with van der Waals surface area (Å²) < 4.78 is 5.31. The molecule has 2 atom stereocenters. The van der Waals surface area contributed by atoms with Crippen LogP contribution in [0.2, 0.25) is 0 Å². The molecule has 1 saturated heterocycles. The number of carbonyl (C=O) groups excluding carboxylic acids is 1. The Bertz CT molecular complexity index is 165. The number of Topliss-reactive ketones (excluding diaryl/α,β-unsaturated/α-hetero) is 1. The monoisotopic (exact) mass is 184 g/mol. The summed E-state index contributed by atoms with van der Waals surface area (Å²) in [5.74, 6) is 1.27. The van der Waals surface area contributed by atoms with E-state index in [4.69, 9.17) is 4.74 Å². The molecule has 1 heterocycles. The molecule has 0 aromatic rings. The first-order valence-corrected chi connectivity index (χ1v) is 5.34. The molecule has 13 heavy (non-hydrogen) atoms. The topological polar surface area (TPSA) is 26.3 Å². The number of hydrogen-bond donors (Lipinski definition) is 0. The second-order valence-electron chi connectivity index (χ2n) is 4.12. The molecule has 0 N–H and O–H groups in total. The smallest absolute Gasteiger partial charge is 0.140 e. The number of rotatable bonds is 4. The zero-order valence-electron chi connectivity index (χ0n) is 8.71. The highest BCUT2D eigenvalue weighted by Crippen LogP contribution is 2.21. The lowest BCUT2D eigenvalue weighted by Gasteiger charge is -2.23. The van der Waals surface area contributed by atoms with Crippen molar-refractivity contribution in [2.75, 3.05) is 13.2 Å². The molecule has 0 aromatic heterocycles. The van der Waals surface area contributed by atoms with Gasteiger partial charge in [0.05, 0.1) is 13.2 Å². The fourth-order valence-corrected chi connectivity index (χ4v) is 1.99. The fraction of sp³-hybridized carbons (Fsp3) is 0.909. The minimum absolute atomic E-state index is 0.190. The van der Waals surface area contributed by atoms with Crippen LogP contribution in [0.15, 0.2) is 0 Å². The highest BCUT2D eigenvalue weighted by Gasteiger charge is 2.24. The third kappa shape index (κ3) is 3.47. The van der Waals surface area contributed by atoms with Gasteiger partial charge in [-0.1, -0.05) is 26.7 Å². The predicted octanol–water partition coefficient (Wildman–Crippen LogP) is 2.42. The minimum atomic E-state index is 0.190. The van der Waals surface area contributed by atoms with E-state index in [9.17, 15) is 4.79 Å². The third-order valence-electron chi connectivity index (χ3n) is 2.74. The summed E-state index contributed by atoms with van der Waals surface area (Å²) in [7, 11) is 0. The summed E-state index contributed by atoms with van der Waals surface area (Å²) in [5, 5.41) is 0. The summed E-state index contributed by atoms with van der Waals surface area (Å²) in [4.78, 5) is 11.5. The Kier molecular flexibility index (Phi) is 4.43. The number of ketones is 1. The largest absolute Gasteiger partial charge is 0.380 e. The van der Waals surface area contributed by atoms with E-state index in [0.717, 1.165) is 6.42 Å². The highest BCUT2D eigenvalue weighted by atomic mass is 16.5. The van der Waals surface area contributed by atoms with Crippen molar-refractivity contribution >= 4 is 5.78 Å². The summed E-state index contributed by atoms with van der Waals surface area (Å²) in [6, 6.07) is 0. The van der Waals surface area contributed by atoms with E-state index in [0.29, 0.717) is 31.3 Å². The average Bonchev–Trinajstić information content (AvgIpc) is 2.09. The fourth-order valence-electron chi connectivity index (χ4n) is 1.99. The molecule has 1 fully saturated rings. The Morgan fingerprint density at radius 2 is 2.38 bits per heavy atom. The first-order chi connectivity index (χ1) is 6.24. The lowest BCUT2D eigenvalue weighted by molar-refractivity contribution is -0.131. The summed E-state index contributed by atoms with van der Waals surface area (Å²) in [6.07, 6.45) is 4.09. The van der Waals surface area contributed by atoms with Crippen LogP contribution in [0.3, 0.4) is 0 Å². The van der Waals surface area contributed by atoms with Gasteiger partial charge in [-0.3, -0.25) is 4.79 Å². The second-order valence-corrected chi connectivity index (χ2v) is 4.12. The van der Waals surface area contributed by atoms with E-state index in [-0.39, 0.29) is 5.92 Å². The molecule has 0 spiro atoms. The summed E-state index contributed by atoms with van der Waals surface area (Å²) >= 11 is 0. The van der Waals surface area contributed by atoms with Crippen LogP contribution < -0.4 is 0 Å². The van der Waals surface area contributed by atoms with Crippen LogP contribution in [-0.4, -0.2) is 19.0 Å². The van der Waals surface area contributed by atoms with Crippen LogP contribution in [0.25, 0.3) is 0 Å². The number of hydrogen-bond acceptors (Lipinski definition) is 2. The van der Waals surface area contributed by atoms with Crippen molar-refractivity contribution in [1.29, 1.82) is 0 Å². The van der Waals surface area contributed by atoms with Crippen molar-refractivity contribution in [3.05, 3.63) is 0 Å². The lowest BCUT2D eigenvalue weighted by Crippen LogP contribution is -2.28. The Hall–Kier alpha value is -0.370. The third-order valence-corrected chi connectivity index (χ3v) is 2.74. The van der Waals surface area contributed by atoms with Crippen molar-refractivity contribution in [2.24, 2.45) is 11.8 Å². The van der Waals surface area contributed by atoms with Gasteiger partial charge in [-0.15, -0.1) is 0 Å². The standard InChI is InChI=1S/C11H20O2/c1-3-4-9(2)7-10-8-13-6-5-11(10)12/h9-10H,3-8H2,1-2H3. The molecular formula is C11H20O2. The van der Waals surface area contributed by atoms with Gasteiger partial charge in [0.1, 0.15) is 5.78 Å². The predicted molar refractivity (Wildman–Crippen MR) is 52.6 cm³/mol. The van der Waals surface area contributed by atoms with Gasteiger partial charge in [-0.2, -0.15) is 0 Å². The molecule has 0 amide bonds. The Morgan fingerprint density at radius 1 is 1.62 bits per heavy atom. The van der Waals surface area contributed by atoms with Crippen LogP contribution in [0, 0.1) is 11.8 Å². The quantitative estimate of drug-likeness (QED) is 0.670. The molecule has 2 nitrogen and oxygen atoms in total. The van der Waals surface area contributed by atoms with Gasteiger partial charge >= 0.3 is 0 Å². The molecule has 0 aromatic carbocycles. The number of carbonyl (C=O) groups is 1. The Morgan fingerprint density at radius 3 is 3.00 bits per heavy atom. The van der Waals surface area contributed by atoms with Crippen LogP contribution in [-0.2, 0) is 9.53 Å². The molecule has 0 radical (unpaired) electrons. The van der Waals surface area contributed by atoms with Gasteiger partial charge in [0.2, 0.25) is 0 Å². The first-order valence-electron chi connectivity index (χ1n) is 5.34. The van der Waals surface area contributed by atoms with Crippen LogP contribution >= 0.6 is 0 Å². The molecule has 0 aliphatic carbocycles. The maximum atomic E-state index is 11.5. The molecule has 2 unspecified atom stereocenters. The summed E-state index contributed by atoms with van der Waals surface area (Å²) in [6.45, 7) is 5.71. The SMILES string of the molecule is CCCC(C)CC1COCCC1=O. The van der Waals surface area contributed by atoms with Gasteiger partial charge in [0.15, 0.2) is 0 Å². The van der Waals surface area contributed by atoms with Crippen molar-refractivity contribution in [3.63, 3.8) is 0 Å². The molecule has 2 heteroatoms. The van der Waals surface area contributed by atoms with Crippen molar-refractivity contribution in [2.45, 2.75) is 39.5 Å². The molecule has 0 saturated carbocycles. The van der Waals surface area contributed by atoms with E-state index < -0.39 is 0 Å². The Labute approximate surface area is 80.7 Å².